The van der Waals surface area contributed by atoms with Crippen LogP contribution in [0.1, 0.15) is 15.9 Å². The van der Waals surface area contributed by atoms with Crippen LogP contribution in [0.4, 0.5) is 10.1 Å². The van der Waals surface area contributed by atoms with E-state index in [0.717, 1.165) is 6.07 Å². The molecule has 0 saturated heterocycles. The highest BCUT2D eigenvalue weighted by atomic mass is 35.5. The molecule has 0 radical (unpaired) electrons. The Hall–Kier alpha value is -2.35. The lowest BCUT2D eigenvalue weighted by Gasteiger charge is -2.06. The van der Waals surface area contributed by atoms with E-state index in [0.29, 0.717) is 16.3 Å². The van der Waals surface area contributed by atoms with E-state index >= 15 is 0 Å². The van der Waals surface area contributed by atoms with Gasteiger partial charge in [-0.1, -0.05) is 23.4 Å². The van der Waals surface area contributed by atoms with Gasteiger partial charge in [-0.15, -0.1) is 0 Å². The van der Waals surface area contributed by atoms with Gasteiger partial charge < -0.3 is 10.4 Å². The molecule has 0 aliphatic heterocycles. The second-order valence-corrected chi connectivity index (χ2v) is 4.55. The Kier molecular flexibility index (Phi) is 4.94. The van der Waals surface area contributed by atoms with Gasteiger partial charge in [0.2, 0.25) is 0 Å². The number of benzene rings is 2. The molecule has 0 aromatic heterocycles. The molecule has 21 heavy (non-hydrogen) atoms. The molecule has 5 heteroatoms. The molecule has 2 aromatic rings. The maximum atomic E-state index is 13.7. The first kappa shape index (κ1) is 15.0. The summed E-state index contributed by atoms with van der Waals surface area (Å²) < 4.78 is 13.7. The van der Waals surface area contributed by atoms with Crippen molar-refractivity contribution < 1.29 is 14.3 Å². The van der Waals surface area contributed by atoms with Crippen LogP contribution < -0.4 is 5.32 Å². The van der Waals surface area contributed by atoms with Crippen LogP contribution in [0.2, 0.25) is 5.02 Å². The average Bonchev–Trinajstić information content (AvgIpc) is 2.48. The summed E-state index contributed by atoms with van der Waals surface area (Å²) in [6.45, 7) is -0.302. The molecule has 0 bridgehead atoms. The van der Waals surface area contributed by atoms with E-state index < -0.39 is 11.7 Å². The zero-order chi connectivity index (χ0) is 15.2. The molecule has 3 nitrogen and oxygen atoms in total. The first-order chi connectivity index (χ1) is 10.1. The fraction of sp³-hybridized carbons (Fsp3) is 0.0625. The minimum atomic E-state index is -0.643. The van der Waals surface area contributed by atoms with Gasteiger partial charge in [0.05, 0.1) is 5.56 Å². The third-order valence-corrected chi connectivity index (χ3v) is 2.88. The van der Waals surface area contributed by atoms with Crippen LogP contribution in [0, 0.1) is 17.7 Å². The van der Waals surface area contributed by atoms with Crippen LogP contribution in [-0.2, 0) is 0 Å². The zero-order valence-corrected chi connectivity index (χ0v) is 11.6. The highest BCUT2D eigenvalue weighted by Crippen LogP contribution is 2.16. The summed E-state index contributed by atoms with van der Waals surface area (Å²) in [6.07, 6.45) is 0. The molecular weight excluding hydrogens is 293 g/mol. The van der Waals surface area contributed by atoms with Crippen molar-refractivity contribution in [1.29, 1.82) is 0 Å². The van der Waals surface area contributed by atoms with Crippen molar-refractivity contribution in [3.05, 3.63) is 64.4 Å². The Morgan fingerprint density at radius 1 is 1.24 bits per heavy atom. The van der Waals surface area contributed by atoms with Crippen LogP contribution in [0.25, 0.3) is 0 Å². The smallest absolute Gasteiger partial charge is 0.258 e. The third kappa shape index (κ3) is 4.06. The van der Waals surface area contributed by atoms with Crippen LogP contribution in [-0.4, -0.2) is 17.6 Å². The number of rotatable bonds is 2. The zero-order valence-electron chi connectivity index (χ0n) is 10.9. The molecule has 1 amide bonds. The number of halogens is 2. The Labute approximate surface area is 126 Å². The van der Waals surface area contributed by atoms with Crippen molar-refractivity contribution in [2.75, 3.05) is 11.9 Å². The summed E-state index contributed by atoms with van der Waals surface area (Å²) in [5.74, 6) is 3.84. The van der Waals surface area contributed by atoms with Crippen LogP contribution in [0.15, 0.2) is 42.5 Å². The molecule has 0 atom stereocenters. The monoisotopic (exact) mass is 303 g/mol. The van der Waals surface area contributed by atoms with Crippen molar-refractivity contribution in [1.82, 2.24) is 0 Å². The van der Waals surface area contributed by atoms with Gasteiger partial charge in [-0.05, 0) is 42.5 Å². The van der Waals surface area contributed by atoms with Gasteiger partial charge in [0, 0.05) is 16.3 Å². The second kappa shape index (κ2) is 6.89. The normalized spacial score (nSPS) is 9.67. The van der Waals surface area contributed by atoms with Crippen molar-refractivity contribution in [3.8, 4) is 11.8 Å². The molecule has 0 aliphatic rings. The number of carbonyl (C=O) groups is 1. The van der Waals surface area contributed by atoms with Gasteiger partial charge in [-0.2, -0.15) is 0 Å². The van der Waals surface area contributed by atoms with Gasteiger partial charge >= 0.3 is 0 Å². The first-order valence-corrected chi connectivity index (χ1v) is 6.44. The van der Waals surface area contributed by atoms with Gasteiger partial charge in [0.25, 0.3) is 5.91 Å². The van der Waals surface area contributed by atoms with E-state index in [4.69, 9.17) is 16.7 Å². The summed E-state index contributed by atoms with van der Waals surface area (Å²) in [4.78, 5) is 12.1. The lowest BCUT2D eigenvalue weighted by Crippen LogP contribution is -2.14. The molecule has 106 valence electrons. The number of hydrogen-bond donors (Lipinski definition) is 2. The van der Waals surface area contributed by atoms with Gasteiger partial charge in [-0.3, -0.25) is 4.79 Å². The van der Waals surface area contributed by atoms with Crippen molar-refractivity contribution in [2.24, 2.45) is 0 Å². The number of anilines is 1. The molecule has 0 heterocycles. The lowest BCUT2D eigenvalue weighted by atomic mass is 10.1. The first-order valence-electron chi connectivity index (χ1n) is 6.06. The predicted molar refractivity (Wildman–Crippen MR) is 79.8 cm³/mol. The van der Waals surface area contributed by atoms with E-state index in [1.807, 2.05) is 0 Å². The highest BCUT2D eigenvalue weighted by molar-refractivity contribution is 6.30. The minimum Gasteiger partial charge on any atom is -0.384 e. The number of amides is 1. The van der Waals surface area contributed by atoms with Crippen molar-refractivity contribution in [2.45, 2.75) is 0 Å². The molecule has 0 unspecified atom stereocenters. The van der Waals surface area contributed by atoms with Crippen LogP contribution in [0.5, 0.6) is 0 Å². The van der Waals surface area contributed by atoms with Crippen molar-refractivity contribution in [3.63, 3.8) is 0 Å². The van der Waals surface area contributed by atoms with E-state index in [-0.39, 0.29) is 12.2 Å². The van der Waals surface area contributed by atoms with E-state index in [2.05, 4.69) is 17.2 Å². The standard InChI is InChI=1S/C16H11ClFNO2/c17-12-4-6-13(7-5-12)19-16(21)14-10-11(2-1-9-20)3-8-15(14)18/h3-8,10,20H,9H2,(H,19,21). The Balaban J connectivity index is 2.23. The Morgan fingerprint density at radius 3 is 2.62 bits per heavy atom. The predicted octanol–water partition coefficient (Wildman–Crippen LogP) is 3.08. The van der Waals surface area contributed by atoms with Crippen LogP contribution >= 0.6 is 11.6 Å². The summed E-state index contributed by atoms with van der Waals surface area (Å²) >= 11 is 5.75. The SMILES string of the molecule is O=C(Nc1ccc(Cl)cc1)c1cc(C#CCO)ccc1F. The Bertz CT molecular complexity index is 717. The maximum Gasteiger partial charge on any atom is 0.258 e. The maximum absolute atomic E-state index is 13.7. The summed E-state index contributed by atoms with van der Waals surface area (Å²) in [5.41, 5.74) is 0.844. The largest absolute Gasteiger partial charge is 0.384 e. The van der Waals surface area contributed by atoms with Gasteiger partial charge in [-0.25, -0.2) is 4.39 Å². The van der Waals surface area contributed by atoms with E-state index in [1.54, 1.807) is 24.3 Å². The highest BCUT2D eigenvalue weighted by Gasteiger charge is 2.12. The number of aliphatic hydroxyl groups is 1. The summed E-state index contributed by atoms with van der Waals surface area (Å²) in [7, 11) is 0. The topological polar surface area (TPSA) is 49.3 Å². The number of hydrogen-bond acceptors (Lipinski definition) is 2. The molecule has 2 rings (SSSR count). The third-order valence-electron chi connectivity index (χ3n) is 2.62. The quantitative estimate of drug-likeness (QED) is 0.838. The summed E-state index contributed by atoms with van der Waals surface area (Å²) in [5, 5.41) is 11.8. The molecule has 0 fully saturated rings. The summed E-state index contributed by atoms with van der Waals surface area (Å²) in [6, 6.07) is 10.4. The van der Waals surface area contributed by atoms with Gasteiger partial charge in [0.15, 0.2) is 0 Å². The minimum absolute atomic E-state index is 0.116. The fourth-order valence-electron chi connectivity index (χ4n) is 1.65. The Morgan fingerprint density at radius 2 is 1.95 bits per heavy atom. The molecule has 2 aromatic carbocycles. The number of aliphatic hydroxyl groups excluding tert-OH is 1. The van der Waals surface area contributed by atoms with Gasteiger partial charge in [0.1, 0.15) is 12.4 Å². The molecule has 2 N–H and O–H groups in total. The van der Waals surface area contributed by atoms with E-state index in [1.165, 1.54) is 12.1 Å². The molecule has 0 aliphatic carbocycles. The number of carbonyl (C=O) groups excluding carboxylic acids is 1. The molecule has 0 saturated carbocycles. The van der Waals surface area contributed by atoms with E-state index in [9.17, 15) is 9.18 Å². The molecular formula is C16H11ClFNO2. The fourth-order valence-corrected chi connectivity index (χ4v) is 1.78. The van der Waals surface area contributed by atoms with Crippen LogP contribution in [0.3, 0.4) is 0 Å². The lowest BCUT2D eigenvalue weighted by molar-refractivity contribution is 0.102. The number of nitrogens with one attached hydrogen (secondary N) is 1. The van der Waals surface area contributed by atoms with Crippen molar-refractivity contribution >= 4 is 23.2 Å². The average molecular weight is 304 g/mol. The second-order valence-electron chi connectivity index (χ2n) is 4.12. The molecule has 0 spiro atoms.